The summed E-state index contributed by atoms with van der Waals surface area (Å²) in [4.78, 5) is 33.1. The minimum absolute atomic E-state index is 0.213. The number of nitrogens with zero attached hydrogens (tertiary/aromatic N) is 3. The van der Waals surface area contributed by atoms with Crippen LogP contribution in [0.25, 0.3) is 5.57 Å². The Bertz CT molecular complexity index is 1020. The van der Waals surface area contributed by atoms with E-state index < -0.39 is 0 Å². The number of carbonyl (C=O) groups excluding carboxylic acids is 2. The highest BCUT2D eigenvalue weighted by molar-refractivity contribution is 6.45. The molecule has 2 aromatic rings. The number of rotatable bonds is 6. The van der Waals surface area contributed by atoms with Crippen LogP contribution in [0.1, 0.15) is 44.7 Å². The molecule has 0 aromatic heterocycles. The molecule has 0 bridgehead atoms. The van der Waals surface area contributed by atoms with Crippen LogP contribution in [0.15, 0.2) is 54.2 Å². The van der Waals surface area contributed by atoms with Gasteiger partial charge in [-0.25, -0.2) is 4.90 Å². The number of carbonyl (C=O) groups is 2. The van der Waals surface area contributed by atoms with Crippen LogP contribution in [-0.4, -0.2) is 42.9 Å². The monoisotopic (exact) mass is 431 g/mol. The fraction of sp³-hybridized carbons (Fsp3) is 0.407. The van der Waals surface area contributed by atoms with Gasteiger partial charge in [0.25, 0.3) is 11.8 Å². The highest BCUT2D eigenvalue weighted by Gasteiger charge is 2.43. The number of anilines is 2. The first-order chi connectivity index (χ1) is 15.4. The van der Waals surface area contributed by atoms with Crippen molar-refractivity contribution >= 4 is 28.8 Å². The van der Waals surface area contributed by atoms with Crippen LogP contribution in [0, 0.1) is 12.8 Å². The normalized spacial score (nSPS) is 19.2. The summed E-state index contributed by atoms with van der Waals surface area (Å²) in [6.07, 6.45) is 2.19. The Morgan fingerprint density at radius 2 is 1.59 bits per heavy atom. The molecule has 1 atom stereocenters. The molecule has 1 fully saturated rings. The fourth-order valence-corrected chi connectivity index (χ4v) is 4.82. The van der Waals surface area contributed by atoms with Gasteiger partial charge in [0.15, 0.2) is 0 Å². The van der Waals surface area contributed by atoms with E-state index in [1.54, 1.807) is 0 Å². The lowest BCUT2D eigenvalue weighted by Crippen LogP contribution is -2.39. The zero-order valence-electron chi connectivity index (χ0n) is 19.6. The smallest absolute Gasteiger partial charge is 0.282 e. The predicted molar refractivity (Wildman–Crippen MR) is 131 cm³/mol. The minimum Gasteiger partial charge on any atom is -0.372 e. The third-order valence-electron chi connectivity index (χ3n) is 6.61. The Morgan fingerprint density at radius 3 is 2.19 bits per heavy atom. The Labute approximate surface area is 191 Å². The second kappa shape index (κ2) is 9.19. The van der Waals surface area contributed by atoms with Crippen molar-refractivity contribution in [3.63, 3.8) is 0 Å². The number of hydrogen-bond donors (Lipinski definition) is 0. The number of benzene rings is 2. The van der Waals surface area contributed by atoms with Gasteiger partial charge in [0.05, 0.1) is 11.3 Å². The molecule has 0 spiro atoms. The summed E-state index contributed by atoms with van der Waals surface area (Å²) >= 11 is 0. The van der Waals surface area contributed by atoms with Crippen molar-refractivity contribution in [3.8, 4) is 0 Å². The van der Waals surface area contributed by atoms with Crippen molar-refractivity contribution in [2.45, 2.75) is 40.5 Å². The number of amides is 2. The van der Waals surface area contributed by atoms with Gasteiger partial charge >= 0.3 is 0 Å². The Balaban J connectivity index is 1.74. The predicted octanol–water partition coefficient (Wildman–Crippen LogP) is 4.86. The summed E-state index contributed by atoms with van der Waals surface area (Å²) in [6.45, 7) is 11.9. The van der Waals surface area contributed by atoms with E-state index >= 15 is 0 Å². The molecule has 2 aliphatic heterocycles. The average molecular weight is 432 g/mol. The number of hydrogen-bond acceptors (Lipinski definition) is 4. The molecule has 2 heterocycles. The first-order valence-electron chi connectivity index (χ1n) is 11.7. The first-order valence-corrected chi connectivity index (χ1v) is 11.7. The molecule has 5 heteroatoms. The topological polar surface area (TPSA) is 43.9 Å². The summed E-state index contributed by atoms with van der Waals surface area (Å²) < 4.78 is 0. The molecule has 168 valence electrons. The molecule has 0 radical (unpaired) electrons. The third-order valence-corrected chi connectivity index (χ3v) is 6.61. The molecule has 2 amide bonds. The number of piperidine rings is 1. The van der Waals surface area contributed by atoms with E-state index in [0.29, 0.717) is 22.9 Å². The molecule has 5 nitrogen and oxygen atoms in total. The first kappa shape index (κ1) is 22.1. The van der Waals surface area contributed by atoms with E-state index in [0.717, 1.165) is 55.8 Å². The van der Waals surface area contributed by atoms with Crippen molar-refractivity contribution in [3.05, 3.63) is 65.4 Å². The molecular weight excluding hydrogens is 398 g/mol. The molecule has 0 N–H and O–H groups in total. The van der Waals surface area contributed by atoms with Gasteiger partial charge in [-0.15, -0.1) is 0 Å². The second-order valence-corrected chi connectivity index (χ2v) is 8.92. The van der Waals surface area contributed by atoms with Crippen LogP contribution >= 0.6 is 0 Å². The molecule has 4 rings (SSSR count). The average Bonchev–Trinajstić information content (AvgIpc) is 3.06. The van der Waals surface area contributed by atoms with E-state index in [1.807, 2.05) is 55.5 Å². The molecule has 1 saturated heterocycles. The lowest BCUT2D eigenvalue weighted by molar-refractivity contribution is -0.120. The van der Waals surface area contributed by atoms with Crippen LogP contribution in [0.5, 0.6) is 0 Å². The SMILES string of the molecule is CCN(CC)c1ccc(N2C(=O)C(c3ccc(C)cc3)=C(N3CCCC(C)C3)C2=O)cc1. The van der Waals surface area contributed by atoms with Gasteiger partial charge in [-0.05, 0) is 69.4 Å². The molecule has 0 saturated carbocycles. The maximum absolute atomic E-state index is 13.7. The van der Waals surface area contributed by atoms with E-state index in [4.69, 9.17) is 0 Å². The lowest BCUT2D eigenvalue weighted by Gasteiger charge is -2.33. The standard InChI is InChI=1S/C27H33N3O2/c1-5-28(6-2)22-13-15-23(16-14-22)30-26(31)24(21-11-9-19(3)10-12-21)25(27(30)32)29-17-7-8-20(4)18-29/h9-16,20H,5-8,17-18H2,1-4H3. The summed E-state index contributed by atoms with van der Waals surface area (Å²) in [5.74, 6) is 0.0544. The van der Waals surface area contributed by atoms with Gasteiger partial charge < -0.3 is 9.80 Å². The van der Waals surface area contributed by atoms with E-state index in [9.17, 15) is 9.59 Å². The molecule has 1 unspecified atom stereocenters. The summed E-state index contributed by atoms with van der Waals surface area (Å²) in [7, 11) is 0. The van der Waals surface area contributed by atoms with E-state index in [1.165, 1.54) is 4.90 Å². The Morgan fingerprint density at radius 1 is 0.938 bits per heavy atom. The van der Waals surface area contributed by atoms with Crippen LogP contribution in [0.3, 0.4) is 0 Å². The van der Waals surface area contributed by atoms with Gasteiger partial charge in [0.1, 0.15) is 5.70 Å². The zero-order valence-corrected chi connectivity index (χ0v) is 19.6. The molecule has 2 aliphatic rings. The third kappa shape index (κ3) is 4.04. The summed E-state index contributed by atoms with van der Waals surface area (Å²) in [6, 6.07) is 15.7. The van der Waals surface area contributed by atoms with Crippen LogP contribution in [-0.2, 0) is 9.59 Å². The molecule has 2 aromatic carbocycles. The maximum Gasteiger partial charge on any atom is 0.282 e. The largest absolute Gasteiger partial charge is 0.372 e. The van der Waals surface area contributed by atoms with Gasteiger partial charge in [0, 0.05) is 31.9 Å². The van der Waals surface area contributed by atoms with Gasteiger partial charge in [-0.1, -0.05) is 36.8 Å². The highest BCUT2D eigenvalue weighted by Crippen LogP contribution is 2.37. The fourth-order valence-electron chi connectivity index (χ4n) is 4.82. The van der Waals surface area contributed by atoms with Crippen molar-refractivity contribution in [2.24, 2.45) is 5.92 Å². The quantitative estimate of drug-likeness (QED) is 0.613. The second-order valence-electron chi connectivity index (χ2n) is 8.92. The number of aryl methyl sites for hydroxylation is 1. The van der Waals surface area contributed by atoms with Crippen LogP contribution < -0.4 is 9.80 Å². The van der Waals surface area contributed by atoms with Gasteiger partial charge in [0.2, 0.25) is 0 Å². The van der Waals surface area contributed by atoms with Crippen molar-refractivity contribution in [1.29, 1.82) is 0 Å². The Hall–Kier alpha value is -3.08. The summed E-state index contributed by atoms with van der Waals surface area (Å²) in [5, 5.41) is 0. The van der Waals surface area contributed by atoms with Crippen LogP contribution in [0.4, 0.5) is 11.4 Å². The minimum atomic E-state index is -0.234. The maximum atomic E-state index is 13.7. The molecule has 0 aliphatic carbocycles. The Kier molecular flexibility index (Phi) is 6.35. The van der Waals surface area contributed by atoms with Gasteiger partial charge in [-0.2, -0.15) is 0 Å². The van der Waals surface area contributed by atoms with Crippen LogP contribution in [0.2, 0.25) is 0 Å². The number of imide groups is 1. The molecular formula is C27H33N3O2. The highest BCUT2D eigenvalue weighted by atomic mass is 16.2. The lowest BCUT2D eigenvalue weighted by atomic mass is 9.97. The number of likely N-dealkylation sites (tertiary alicyclic amines) is 1. The zero-order chi connectivity index (χ0) is 22.8. The van der Waals surface area contributed by atoms with Crippen molar-refractivity contribution in [2.75, 3.05) is 36.0 Å². The van der Waals surface area contributed by atoms with E-state index in [-0.39, 0.29) is 11.8 Å². The van der Waals surface area contributed by atoms with Gasteiger partial charge in [-0.3, -0.25) is 9.59 Å². The molecule has 32 heavy (non-hydrogen) atoms. The summed E-state index contributed by atoms with van der Waals surface area (Å²) in [5.41, 5.74) is 4.73. The van der Waals surface area contributed by atoms with Crippen molar-refractivity contribution in [1.82, 2.24) is 4.90 Å². The van der Waals surface area contributed by atoms with Crippen molar-refractivity contribution < 1.29 is 9.59 Å². The van der Waals surface area contributed by atoms with E-state index in [2.05, 4.69) is 30.6 Å².